The molecule has 0 aliphatic carbocycles. The van der Waals surface area contributed by atoms with Gasteiger partial charge in [0.05, 0.1) is 5.56 Å². The van der Waals surface area contributed by atoms with Crippen molar-refractivity contribution >= 4 is 28.6 Å². The van der Waals surface area contributed by atoms with Gasteiger partial charge in [0, 0.05) is 22.2 Å². The minimum atomic E-state index is -1.03. The molecule has 1 amide bonds. The number of hydrogen-bond donors (Lipinski definition) is 2. The predicted octanol–water partition coefficient (Wildman–Crippen LogP) is 3.16. The number of nitrogens with one attached hydrogen (secondary N) is 2. The van der Waals surface area contributed by atoms with Crippen LogP contribution in [-0.2, 0) is 9.53 Å². The molecule has 0 bridgehead atoms. The monoisotopic (exact) mass is 382 g/mol. The predicted molar refractivity (Wildman–Crippen MR) is 102 cm³/mol. The van der Waals surface area contributed by atoms with E-state index in [2.05, 4.69) is 10.3 Å². The van der Waals surface area contributed by atoms with Crippen molar-refractivity contribution in [1.29, 1.82) is 0 Å². The molecular formula is C21H19FN2O4. The van der Waals surface area contributed by atoms with Crippen LogP contribution in [0.2, 0.25) is 0 Å². The molecule has 7 heteroatoms. The minimum Gasteiger partial charge on any atom is -0.453 e. The molecule has 1 atom stereocenters. The van der Waals surface area contributed by atoms with Gasteiger partial charge in [0.2, 0.25) is 5.78 Å². The van der Waals surface area contributed by atoms with Crippen LogP contribution in [0.5, 0.6) is 0 Å². The summed E-state index contributed by atoms with van der Waals surface area (Å²) < 4.78 is 18.7. The van der Waals surface area contributed by atoms with Crippen LogP contribution >= 0.6 is 0 Å². The molecular weight excluding hydrogens is 363 g/mol. The third-order valence-electron chi connectivity index (χ3n) is 4.33. The number of aryl methyl sites for hydroxylation is 1. The zero-order valence-electron chi connectivity index (χ0n) is 15.4. The van der Waals surface area contributed by atoms with Gasteiger partial charge in [0.15, 0.2) is 6.10 Å². The number of carbonyl (C=O) groups excluding carboxylic acids is 3. The Morgan fingerprint density at radius 3 is 2.54 bits per heavy atom. The number of halogens is 1. The van der Waals surface area contributed by atoms with Crippen molar-refractivity contribution in [3.63, 3.8) is 0 Å². The van der Waals surface area contributed by atoms with Crippen LogP contribution in [0.1, 0.15) is 33.3 Å². The van der Waals surface area contributed by atoms with Gasteiger partial charge in [-0.05, 0) is 32.0 Å². The third-order valence-corrected chi connectivity index (χ3v) is 4.33. The average molecular weight is 382 g/mol. The van der Waals surface area contributed by atoms with Crippen LogP contribution in [0.3, 0.4) is 0 Å². The first-order valence-corrected chi connectivity index (χ1v) is 8.72. The first-order valence-electron chi connectivity index (χ1n) is 8.72. The summed E-state index contributed by atoms with van der Waals surface area (Å²) in [4.78, 5) is 39.8. The van der Waals surface area contributed by atoms with E-state index in [1.165, 1.54) is 25.1 Å². The molecule has 0 spiro atoms. The summed E-state index contributed by atoms with van der Waals surface area (Å²) in [6.45, 7) is 2.77. The fourth-order valence-electron chi connectivity index (χ4n) is 2.98. The van der Waals surface area contributed by atoms with Gasteiger partial charge < -0.3 is 15.0 Å². The maximum absolute atomic E-state index is 13.6. The zero-order valence-corrected chi connectivity index (χ0v) is 15.4. The SMILES string of the molecule is Cc1[nH]c2ccccc2c1C(=O)[C@@H](C)OC(=O)CNC(=O)c1ccccc1F. The number of Topliss-reactive ketones (excluding diaryl/α,β-unsaturated/α-hetero) is 1. The highest BCUT2D eigenvalue weighted by atomic mass is 19.1. The van der Waals surface area contributed by atoms with Gasteiger partial charge in [-0.2, -0.15) is 0 Å². The second kappa shape index (κ2) is 8.04. The molecule has 28 heavy (non-hydrogen) atoms. The van der Waals surface area contributed by atoms with Gasteiger partial charge in [0.1, 0.15) is 12.4 Å². The number of H-pyrrole nitrogens is 1. The molecule has 2 N–H and O–H groups in total. The maximum Gasteiger partial charge on any atom is 0.326 e. The molecule has 0 radical (unpaired) electrons. The van der Waals surface area contributed by atoms with Crippen LogP contribution in [0.15, 0.2) is 48.5 Å². The number of rotatable bonds is 6. The number of aromatic amines is 1. The summed E-state index contributed by atoms with van der Waals surface area (Å²) in [7, 11) is 0. The van der Waals surface area contributed by atoms with Gasteiger partial charge in [-0.25, -0.2) is 4.39 Å². The fraction of sp³-hybridized carbons (Fsp3) is 0.190. The molecule has 3 aromatic rings. The van der Waals surface area contributed by atoms with E-state index < -0.39 is 30.3 Å². The molecule has 1 heterocycles. The Bertz CT molecular complexity index is 1060. The van der Waals surface area contributed by atoms with Crippen molar-refractivity contribution in [2.45, 2.75) is 20.0 Å². The smallest absolute Gasteiger partial charge is 0.326 e. The summed E-state index contributed by atoms with van der Waals surface area (Å²) in [6.07, 6.45) is -1.03. The Morgan fingerprint density at radius 2 is 1.79 bits per heavy atom. The summed E-state index contributed by atoms with van der Waals surface area (Å²) in [5, 5.41) is 3.04. The van der Waals surface area contributed by atoms with Crippen molar-refractivity contribution in [3.8, 4) is 0 Å². The molecule has 0 aliphatic heterocycles. The highest BCUT2D eigenvalue weighted by molar-refractivity contribution is 6.11. The van der Waals surface area contributed by atoms with E-state index in [1.807, 2.05) is 24.3 Å². The highest BCUT2D eigenvalue weighted by Gasteiger charge is 2.24. The molecule has 2 aromatic carbocycles. The number of amides is 1. The number of para-hydroxylation sites is 1. The number of fused-ring (bicyclic) bond motifs is 1. The summed E-state index contributed by atoms with van der Waals surface area (Å²) in [6, 6.07) is 12.8. The minimum absolute atomic E-state index is 0.172. The maximum atomic E-state index is 13.6. The Balaban J connectivity index is 1.62. The van der Waals surface area contributed by atoms with Crippen LogP contribution in [0.25, 0.3) is 10.9 Å². The van der Waals surface area contributed by atoms with E-state index in [9.17, 15) is 18.8 Å². The van der Waals surface area contributed by atoms with Crippen molar-refractivity contribution in [2.75, 3.05) is 6.54 Å². The molecule has 0 saturated carbocycles. The number of benzene rings is 2. The Kier molecular flexibility index (Phi) is 5.54. The van der Waals surface area contributed by atoms with Gasteiger partial charge in [0.25, 0.3) is 5.91 Å². The fourth-order valence-corrected chi connectivity index (χ4v) is 2.98. The van der Waals surface area contributed by atoms with E-state index in [0.717, 1.165) is 17.0 Å². The molecule has 0 aliphatic rings. The van der Waals surface area contributed by atoms with Gasteiger partial charge in [-0.1, -0.05) is 30.3 Å². The van der Waals surface area contributed by atoms with Gasteiger partial charge >= 0.3 is 5.97 Å². The van der Waals surface area contributed by atoms with Crippen molar-refractivity contribution in [1.82, 2.24) is 10.3 Å². The topological polar surface area (TPSA) is 88.3 Å². The van der Waals surface area contributed by atoms with Crippen molar-refractivity contribution in [2.24, 2.45) is 0 Å². The normalized spacial score (nSPS) is 11.8. The zero-order chi connectivity index (χ0) is 20.3. The lowest BCUT2D eigenvalue weighted by Crippen LogP contribution is -2.34. The summed E-state index contributed by atoms with van der Waals surface area (Å²) in [5.41, 5.74) is 1.79. The second-order valence-corrected chi connectivity index (χ2v) is 6.33. The molecule has 144 valence electrons. The second-order valence-electron chi connectivity index (χ2n) is 6.33. The van der Waals surface area contributed by atoms with E-state index >= 15 is 0 Å². The Labute approximate surface area is 160 Å². The number of hydrogen-bond acceptors (Lipinski definition) is 4. The molecule has 0 fully saturated rings. The molecule has 0 saturated heterocycles. The van der Waals surface area contributed by atoms with Crippen LogP contribution < -0.4 is 5.32 Å². The lowest BCUT2D eigenvalue weighted by Gasteiger charge is -2.13. The number of esters is 1. The number of ketones is 1. The van der Waals surface area contributed by atoms with Gasteiger partial charge in [-0.3, -0.25) is 14.4 Å². The average Bonchev–Trinajstić information content (AvgIpc) is 3.01. The van der Waals surface area contributed by atoms with Crippen molar-refractivity contribution < 1.29 is 23.5 Å². The number of ether oxygens (including phenoxy) is 1. The van der Waals surface area contributed by atoms with E-state index in [-0.39, 0.29) is 11.3 Å². The molecule has 3 rings (SSSR count). The number of carbonyl (C=O) groups is 3. The Morgan fingerprint density at radius 1 is 1.11 bits per heavy atom. The largest absolute Gasteiger partial charge is 0.453 e. The van der Waals surface area contributed by atoms with Crippen LogP contribution in [0.4, 0.5) is 4.39 Å². The first-order chi connectivity index (χ1) is 13.4. The first kappa shape index (κ1) is 19.3. The lowest BCUT2D eigenvalue weighted by atomic mass is 10.0. The lowest BCUT2D eigenvalue weighted by molar-refractivity contribution is -0.145. The summed E-state index contributed by atoms with van der Waals surface area (Å²) >= 11 is 0. The standard InChI is InChI=1S/C21H19FN2O4/c1-12-19(15-8-4-6-10-17(15)24-12)20(26)13(2)28-18(25)11-23-21(27)14-7-3-5-9-16(14)22/h3-10,13,24H,11H2,1-2H3,(H,23,27)/t13-/m1/s1. The number of aromatic nitrogens is 1. The van der Waals surface area contributed by atoms with Crippen LogP contribution in [-0.4, -0.2) is 35.3 Å². The van der Waals surface area contributed by atoms with Gasteiger partial charge in [-0.15, -0.1) is 0 Å². The van der Waals surface area contributed by atoms with E-state index in [1.54, 1.807) is 6.92 Å². The molecule has 6 nitrogen and oxygen atoms in total. The summed E-state index contributed by atoms with van der Waals surface area (Å²) in [5.74, 6) is -2.56. The third kappa shape index (κ3) is 3.93. The quantitative estimate of drug-likeness (QED) is 0.506. The Hall–Kier alpha value is -3.48. The molecule has 0 unspecified atom stereocenters. The van der Waals surface area contributed by atoms with Crippen molar-refractivity contribution in [3.05, 3.63) is 71.2 Å². The molecule has 1 aromatic heterocycles. The van der Waals surface area contributed by atoms with E-state index in [0.29, 0.717) is 11.3 Å². The van der Waals surface area contributed by atoms with E-state index in [4.69, 9.17) is 4.74 Å². The van der Waals surface area contributed by atoms with Crippen LogP contribution in [0, 0.1) is 12.7 Å². The highest BCUT2D eigenvalue weighted by Crippen LogP contribution is 2.23.